The highest BCUT2D eigenvalue weighted by Gasteiger charge is 2.37. The average Bonchev–Trinajstić information content (AvgIpc) is 2.90. The zero-order chi connectivity index (χ0) is 14.9. The van der Waals surface area contributed by atoms with Crippen LogP contribution in [0.15, 0.2) is 16.3 Å². The summed E-state index contributed by atoms with van der Waals surface area (Å²) in [6, 6.07) is 1.18. The van der Waals surface area contributed by atoms with Crippen LogP contribution in [0.25, 0.3) is 0 Å². The molecule has 2 atom stereocenters. The molecule has 1 aliphatic heterocycles. The topological polar surface area (TPSA) is 72.9 Å². The van der Waals surface area contributed by atoms with Crippen molar-refractivity contribution in [2.45, 2.75) is 30.9 Å². The van der Waals surface area contributed by atoms with Gasteiger partial charge in [0.05, 0.1) is 19.8 Å². The van der Waals surface area contributed by atoms with Gasteiger partial charge in [0.1, 0.15) is 9.77 Å². The van der Waals surface area contributed by atoms with Gasteiger partial charge in [-0.25, -0.2) is 13.2 Å². The molecule has 0 bridgehead atoms. The summed E-state index contributed by atoms with van der Waals surface area (Å²) in [6.45, 7) is 4.23. The number of methoxy groups -OCH3 is 1. The van der Waals surface area contributed by atoms with E-state index in [2.05, 4.69) is 4.74 Å². The van der Waals surface area contributed by atoms with Crippen molar-refractivity contribution in [3.8, 4) is 0 Å². The molecule has 1 aromatic heterocycles. The van der Waals surface area contributed by atoms with Crippen molar-refractivity contribution >= 4 is 27.3 Å². The van der Waals surface area contributed by atoms with Gasteiger partial charge in [-0.05, 0) is 25.3 Å². The summed E-state index contributed by atoms with van der Waals surface area (Å²) in [7, 11) is -2.49. The van der Waals surface area contributed by atoms with Crippen LogP contribution >= 0.6 is 11.3 Å². The summed E-state index contributed by atoms with van der Waals surface area (Å²) in [5.41, 5.74) is 0. The molecule has 0 radical (unpaired) electrons. The number of carbonyl (C=O) groups excluding carboxylic acids is 1. The van der Waals surface area contributed by atoms with E-state index in [1.54, 1.807) is 12.3 Å². The Morgan fingerprint density at radius 1 is 1.50 bits per heavy atom. The van der Waals surface area contributed by atoms with E-state index in [-0.39, 0.29) is 28.5 Å². The molecule has 1 aromatic rings. The van der Waals surface area contributed by atoms with Crippen LogP contribution in [0, 0.1) is 0 Å². The number of sulfonamides is 1. The second kappa shape index (κ2) is 5.80. The minimum Gasteiger partial charge on any atom is -0.465 e. The van der Waals surface area contributed by atoms with Crippen LogP contribution in [0.5, 0.6) is 0 Å². The van der Waals surface area contributed by atoms with Gasteiger partial charge in [-0.3, -0.25) is 0 Å². The fraction of sp³-hybridized carbons (Fsp3) is 0.583. The van der Waals surface area contributed by atoms with Crippen molar-refractivity contribution < 1.29 is 22.7 Å². The first-order valence-electron chi connectivity index (χ1n) is 6.17. The number of thiophene rings is 1. The molecular formula is C12H17NO5S2. The number of nitrogens with zero attached hydrogens (tertiary/aromatic N) is 1. The lowest BCUT2D eigenvalue weighted by molar-refractivity contribution is -0.0170. The Kier molecular flexibility index (Phi) is 4.48. The minimum absolute atomic E-state index is 0.00954. The van der Waals surface area contributed by atoms with Crippen molar-refractivity contribution in [1.82, 2.24) is 4.31 Å². The largest absolute Gasteiger partial charge is 0.465 e. The van der Waals surface area contributed by atoms with E-state index in [9.17, 15) is 13.2 Å². The quantitative estimate of drug-likeness (QED) is 0.786. The van der Waals surface area contributed by atoms with E-state index < -0.39 is 16.0 Å². The van der Waals surface area contributed by atoms with Crippen LogP contribution in [-0.4, -0.2) is 51.1 Å². The third kappa shape index (κ3) is 2.73. The molecular weight excluding hydrogens is 302 g/mol. The molecule has 0 spiro atoms. The van der Waals surface area contributed by atoms with Crippen molar-refractivity contribution in [2.75, 3.05) is 20.3 Å². The lowest BCUT2D eigenvalue weighted by atomic mass is 10.2. The van der Waals surface area contributed by atoms with Crippen molar-refractivity contribution in [3.05, 3.63) is 16.3 Å². The monoisotopic (exact) mass is 319 g/mol. The molecule has 0 aliphatic carbocycles. The van der Waals surface area contributed by atoms with Gasteiger partial charge >= 0.3 is 5.97 Å². The molecule has 1 aliphatic rings. The second-order valence-electron chi connectivity index (χ2n) is 4.67. The molecule has 1 saturated heterocycles. The first-order valence-corrected chi connectivity index (χ1v) is 8.49. The van der Waals surface area contributed by atoms with Crippen molar-refractivity contribution in [1.29, 1.82) is 0 Å². The molecule has 2 heterocycles. The highest BCUT2D eigenvalue weighted by atomic mass is 32.2. The first kappa shape index (κ1) is 15.4. The summed E-state index contributed by atoms with van der Waals surface area (Å²) in [5.74, 6) is -0.632. The molecule has 112 valence electrons. The lowest BCUT2D eigenvalue weighted by Crippen LogP contribution is -2.50. The Hall–Kier alpha value is -0.960. The van der Waals surface area contributed by atoms with Gasteiger partial charge in [0.25, 0.3) is 0 Å². The predicted octanol–water partition coefficient (Wildman–Crippen LogP) is 1.33. The zero-order valence-corrected chi connectivity index (χ0v) is 13.2. The molecule has 0 amide bonds. The molecule has 20 heavy (non-hydrogen) atoms. The standard InChI is InChI=1S/C12H17NO5S2/c1-8-7-18-9(2)6-13(8)20(15,16)10-4-5-19-11(10)12(14)17-3/h4-5,8-9H,6-7H2,1-3H3/t8-,9-/m0/s1. The van der Waals surface area contributed by atoms with Gasteiger partial charge in [-0.2, -0.15) is 4.31 Å². The number of ether oxygens (including phenoxy) is 2. The van der Waals surface area contributed by atoms with E-state index in [0.717, 1.165) is 11.3 Å². The van der Waals surface area contributed by atoms with Crippen LogP contribution < -0.4 is 0 Å². The molecule has 0 aromatic carbocycles. The van der Waals surface area contributed by atoms with E-state index in [1.165, 1.54) is 17.5 Å². The van der Waals surface area contributed by atoms with Crippen LogP contribution in [0.3, 0.4) is 0 Å². The average molecular weight is 319 g/mol. The first-order chi connectivity index (χ1) is 9.37. The third-order valence-corrected chi connectivity index (χ3v) is 6.18. The molecule has 1 fully saturated rings. The van der Waals surface area contributed by atoms with Gasteiger partial charge in [0.15, 0.2) is 0 Å². The van der Waals surface area contributed by atoms with Crippen molar-refractivity contribution in [2.24, 2.45) is 0 Å². The lowest BCUT2D eigenvalue weighted by Gasteiger charge is -2.35. The summed E-state index contributed by atoms with van der Waals surface area (Å²) in [6.07, 6.45) is -0.166. The van der Waals surface area contributed by atoms with Gasteiger partial charge < -0.3 is 9.47 Å². The molecule has 8 heteroatoms. The van der Waals surface area contributed by atoms with E-state index in [0.29, 0.717) is 6.61 Å². The zero-order valence-electron chi connectivity index (χ0n) is 11.5. The number of esters is 1. The molecule has 6 nitrogen and oxygen atoms in total. The van der Waals surface area contributed by atoms with Gasteiger partial charge in [0.2, 0.25) is 10.0 Å². The molecule has 0 saturated carbocycles. The Morgan fingerprint density at radius 3 is 2.85 bits per heavy atom. The normalized spacial score (nSPS) is 24.6. The van der Waals surface area contributed by atoms with Gasteiger partial charge in [0, 0.05) is 12.6 Å². The highest BCUT2D eigenvalue weighted by molar-refractivity contribution is 7.89. The van der Waals surface area contributed by atoms with E-state index in [1.807, 2.05) is 6.92 Å². The Morgan fingerprint density at radius 2 is 2.20 bits per heavy atom. The maximum atomic E-state index is 12.7. The maximum absolute atomic E-state index is 12.7. The van der Waals surface area contributed by atoms with E-state index >= 15 is 0 Å². The summed E-state index contributed by atoms with van der Waals surface area (Å²) in [4.78, 5) is 11.8. The highest BCUT2D eigenvalue weighted by Crippen LogP contribution is 2.28. The molecule has 0 unspecified atom stereocenters. The smallest absolute Gasteiger partial charge is 0.349 e. The third-order valence-electron chi connectivity index (χ3n) is 3.14. The van der Waals surface area contributed by atoms with E-state index in [4.69, 9.17) is 4.74 Å². The number of hydrogen-bond acceptors (Lipinski definition) is 6. The van der Waals surface area contributed by atoms with Crippen LogP contribution in [-0.2, 0) is 19.5 Å². The van der Waals surface area contributed by atoms with Crippen LogP contribution in [0.1, 0.15) is 23.5 Å². The Bertz CT molecular complexity index is 595. The summed E-state index contributed by atoms with van der Waals surface area (Å²) in [5, 5.41) is 1.58. The molecule has 0 N–H and O–H groups in total. The summed E-state index contributed by atoms with van der Waals surface area (Å²) >= 11 is 1.06. The van der Waals surface area contributed by atoms with Gasteiger partial charge in [-0.15, -0.1) is 11.3 Å². The number of morpholine rings is 1. The fourth-order valence-corrected chi connectivity index (χ4v) is 5.08. The number of rotatable bonds is 3. The van der Waals surface area contributed by atoms with Crippen LogP contribution in [0.2, 0.25) is 0 Å². The maximum Gasteiger partial charge on any atom is 0.349 e. The minimum atomic E-state index is -3.72. The number of carbonyl (C=O) groups is 1. The van der Waals surface area contributed by atoms with Crippen molar-refractivity contribution in [3.63, 3.8) is 0 Å². The van der Waals surface area contributed by atoms with Gasteiger partial charge in [-0.1, -0.05) is 0 Å². The predicted molar refractivity (Wildman–Crippen MR) is 74.4 cm³/mol. The summed E-state index contributed by atoms with van der Waals surface area (Å²) < 4.78 is 36.9. The van der Waals surface area contributed by atoms with Crippen LogP contribution in [0.4, 0.5) is 0 Å². The molecule has 2 rings (SSSR count). The Balaban J connectivity index is 2.40. The Labute approximate surface area is 122 Å². The second-order valence-corrected chi connectivity index (χ2v) is 7.45. The fourth-order valence-electron chi connectivity index (χ4n) is 2.08. The number of hydrogen-bond donors (Lipinski definition) is 0. The SMILES string of the molecule is COC(=O)c1sccc1S(=O)(=O)N1C[C@H](C)OC[C@@H]1C.